The van der Waals surface area contributed by atoms with Gasteiger partial charge in [-0.1, -0.05) is 30.3 Å². The topological polar surface area (TPSA) is 52.6 Å². The van der Waals surface area contributed by atoms with Gasteiger partial charge in [0.25, 0.3) is 0 Å². The normalized spacial score (nSPS) is 13.8. The van der Waals surface area contributed by atoms with Crippen molar-refractivity contribution < 1.29 is 19.1 Å². The van der Waals surface area contributed by atoms with Gasteiger partial charge in [0, 0.05) is 5.56 Å². The molecule has 0 saturated carbocycles. The fourth-order valence-corrected chi connectivity index (χ4v) is 3.10. The van der Waals surface area contributed by atoms with E-state index in [1.54, 1.807) is 13.0 Å². The number of fused-ring (bicyclic) bond motifs is 1. The van der Waals surface area contributed by atoms with Crippen molar-refractivity contribution >= 4 is 11.8 Å². The number of aryl methyl sites for hydroxylation is 3. The Bertz CT molecular complexity index is 794. The second kappa shape index (κ2) is 7.51. The lowest BCUT2D eigenvalue weighted by Crippen LogP contribution is -2.27. The quantitative estimate of drug-likeness (QED) is 0.595. The van der Waals surface area contributed by atoms with Crippen molar-refractivity contribution in [3.8, 4) is 5.75 Å². The molecule has 1 unspecified atom stereocenters. The molecule has 0 radical (unpaired) electrons. The first kappa shape index (κ1) is 17.2. The van der Waals surface area contributed by atoms with Crippen LogP contribution in [0.15, 0.2) is 42.5 Å². The molecule has 3 rings (SSSR count). The fraction of sp³-hybridized carbons (Fsp3) is 0.333. The number of Topliss-reactive ketones (excluding diaryl/α,β-unsaturated/α-hetero) is 1. The molecule has 2 aromatic carbocycles. The van der Waals surface area contributed by atoms with E-state index in [0.717, 1.165) is 24.8 Å². The SMILES string of the molecule is Cc1ccccc1OCC(=O)OC(C)C(=O)c1ccc2c(c1)CCC2. The molecule has 0 bridgehead atoms. The molecule has 130 valence electrons. The van der Waals surface area contributed by atoms with Gasteiger partial charge in [-0.3, -0.25) is 4.79 Å². The zero-order valence-corrected chi connectivity index (χ0v) is 14.6. The molecule has 1 aliphatic rings. The van der Waals surface area contributed by atoms with Crippen molar-refractivity contribution in [3.63, 3.8) is 0 Å². The van der Waals surface area contributed by atoms with E-state index in [4.69, 9.17) is 9.47 Å². The van der Waals surface area contributed by atoms with E-state index in [1.807, 2.05) is 43.3 Å². The molecule has 25 heavy (non-hydrogen) atoms. The van der Waals surface area contributed by atoms with E-state index in [1.165, 1.54) is 11.1 Å². The number of para-hydroxylation sites is 1. The van der Waals surface area contributed by atoms with Gasteiger partial charge in [-0.05, 0) is 61.9 Å². The number of carbonyl (C=O) groups is 2. The van der Waals surface area contributed by atoms with Gasteiger partial charge in [0.1, 0.15) is 5.75 Å². The van der Waals surface area contributed by atoms with E-state index >= 15 is 0 Å². The summed E-state index contributed by atoms with van der Waals surface area (Å²) in [4.78, 5) is 24.5. The summed E-state index contributed by atoms with van der Waals surface area (Å²) in [5.74, 6) is -0.0961. The molecule has 1 aliphatic carbocycles. The summed E-state index contributed by atoms with van der Waals surface area (Å²) >= 11 is 0. The highest BCUT2D eigenvalue weighted by molar-refractivity contribution is 6.00. The summed E-state index contributed by atoms with van der Waals surface area (Å²) in [7, 11) is 0. The smallest absolute Gasteiger partial charge is 0.344 e. The Morgan fingerprint density at radius 1 is 1.08 bits per heavy atom. The van der Waals surface area contributed by atoms with Crippen molar-refractivity contribution in [1.29, 1.82) is 0 Å². The van der Waals surface area contributed by atoms with Crippen LogP contribution in [0.1, 0.15) is 40.4 Å². The predicted molar refractivity (Wildman–Crippen MR) is 95.0 cm³/mol. The summed E-state index contributed by atoms with van der Waals surface area (Å²) in [6, 6.07) is 13.2. The average molecular weight is 338 g/mol. The Kier molecular flexibility index (Phi) is 5.17. The highest BCUT2D eigenvalue weighted by atomic mass is 16.6. The lowest BCUT2D eigenvalue weighted by molar-refractivity contribution is -0.148. The average Bonchev–Trinajstić information content (AvgIpc) is 3.08. The molecule has 0 saturated heterocycles. The fourth-order valence-electron chi connectivity index (χ4n) is 3.10. The minimum Gasteiger partial charge on any atom is -0.482 e. The van der Waals surface area contributed by atoms with Crippen LogP contribution in [-0.4, -0.2) is 24.5 Å². The Labute approximate surface area is 147 Å². The summed E-state index contributed by atoms with van der Waals surface area (Å²) in [6.45, 7) is 3.29. The van der Waals surface area contributed by atoms with Gasteiger partial charge in [-0.15, -0.1) is 0 Å². The molecule has 0 heterocycles. The third-order valence-electron chi connectivity index (χ3n) is 4.50. The highest BCUT2D eigenvalue weighted by Crippen LogP contribution is 2.23. The molecule has 1 atom stereocenters. The summed E-state index contributed by atoms with van der Waals surface area (Å²) in [5, 5.41) is 0. The van der Waals surface area contributed by atoms with E-state index in [-0.39, 0.29) is 12.4 Å². The number of hydrogen-bond acceptors (Lipinski definition) is 4. The second-order valence-electron chi connectivity index (χ2n) is 6.39. The van der Waals surface area contributed by atoms with Gasteiger partial charge in [0.05, 0.1) is 0 Å². The molecule has 0 aliphatic heterocycles. The number of benzene rings is 2. The highest BCUT2D eigenvalue weighted by Gasteiger charge is 2.21. The first-order chi connectivity index (χ1) is 12.0. The zero-order valence-electron chi connectivity index (χ0n) is 14.6. The van der Waals surface area contributed by atoms with Crippen LogP contribution < -0.4 is 4.74 Å². The Morgan fingerprint density at radius 2 is 1.84 bits per heavy atom. The Balaban J connectivity index is 1.56. The molecule has 0 fully saturated rings. The van der Waals surface area contributed by atoms with E-state index in [9.17, 15) is 9.59 Å². The van der Waals surface area contributed by atoms with Crippen LogP contribution >= 0.6 is 0 Å². The van der Waals surface area contributed by atoms with Crippen molar-refractivity contribution in [3.05, 3.63) is 64.7 Å². The van der Waals surface area contributed by atoms with Crippen molar-refractivity contribution in [1.82, 2.24) is 0 Å². The third-order valence-corrected chi connectivity index (χ3v) is 4.50. The number of rotatable bonds is 6. The largest absolute Gasteiger partial charge is 0.482 e. The number of ketones is 1. The molecule has 0 aromatic heterocycles. The van der Waals surface area contributed by atoms with E-state index in [0.29, 0.717) is 11.3 Å². The standard InChI is InChI=1S/C21H22O4/c1-14-6-3-4-9-19(14)24-13-20(22)25-15(2)21(23)18-11-10-16-7-5-8-17(16)12-18/h3-4,6,9-12,15H,5,7-8,13H2,1-2H3. The van der Waals surface area contributed by atoms with Crippen molar-refractivity contribution in [2.75, 3.05) is 6.61 Å². The van der Waals surface area contributed by atoms with Crippen LogP contribution in [0.5, 0.6) is 5.75 Å². The van der Waals surface area contributed by atoms with Crippen LogP contribution in [0.25, 0.3) is 0 Å². The number of esters is 1. The van der Waals surface area contributed by atoms with Crippen LogP contribution in [0, 0.1) is 6.92 Å². The maximum absolute atomic E-state index is 12.5. The maximum Gasteiger partial charge on any atom is 0.344 e. The van der Waals surface area contributed by atoms with E-state index in [2.05, 4.69) is 0 Å². The Morgan fingerprint density at radius 3 is 2.64 bits per heavy atom. The summed E-state index contributed by atoms with van der Waals surface area (Å²) in [6.07, 6.45) is 2.39. The molecule has 4 nitrogen and oxygen atoms in total. The lowest BCUT2D eigenvalue weighted by atomic mass is 10.0. The van der Waals surface area contributed by atoms with Gasteiger partial charge in [0.15, 0.2) is 12.7 Å². The molecular formula is C21H22O4. The second-order valence-corrected chi connectivity index (χ2v) is 6.39. The van der Waals surface area contributed by atoms with Gasteiger partial charge in [-0.25, -0.2) is 4.79 Å². The number of ether oxygens (including phenoxy) is 2. The minimum absolute atomic E-state index is 0.182. The minimum atomic E-state index is -0.826. The van der Waals surface area contributed by atoms with Crippen LogP contribution in [0.3, 0.4) is 0 Å². The first-order valence-corrected chi connectivity index (χ1v) is 8.58. The maximum atomic E-state index is 12.5. The third kappa shape index (κ3) is 4.08. The van der Waals surface area contributed by atoms with Gasteiger partial charge < -0.3 is 9.47 Å². The van der Waals surface area contributed by atoms with Crippen LogP contribution in [0.2, 0.25) is 0 Å². The molecular weight excluding hydrogens is 316 g/mol. The van der Waals surface area contributed by atoms with Crippen LogP contribution in [0.4, 0.5) is 0 Å². The zero-order chi connectivity index (χ0) is 17.8. The Hall–Kier alpha value is -2.62. The summed E-state index contributed by atoms with van der Waals surface area (Å²) < 4.78 is 10.7. The number of carbonyl (C=O) groups excluding carboxylic acids is 2. The van der Waals surface area contributed by atoms with Crippen molar-refractivity contribution in [2.24, 2.45) is 0 Å². The molecule has 0 N–H and O–H groups in total. The number of hydrogen-bond donors (Lipinski definition) is 0. The monoisotopic (exact) mass is 338 g/mol. The van der Waals surface area contributed by atoms with Crippen molar-refractivity contribution in [2.45, 2.75) is 39.2 Å². The van der Waals surface area contributed by atoms with Gasteiger partial charge >= 0.3 is 5.97 Å². The van der Waals surface area contributed by atoms with E-state index < -0.39 is 12.1 Å². The van der Waals surface area contributed by atoms with Crippen LogP contribution in [-0.2, 0) is 22.4 Å². The van der Waals surface area contributed by atoms with Gasteiger partial charge in [-0.2, -0.15) is 0 Å². The predicted octanol–water partition coefficient (Wildman–Crippen LogP) is 3.68. The molecule has 0 amide bonds. The summed E-state index contributed by atoms with van der Waals surface area (Å²) in [5.41, 5.74) is 4.08. The molecule has 2 aromatic rings. The first-order valence-electron chi connectivity index (χ1n) is 8.58. The molecule has 0 spiro atoms. The van der Waals surface area contributed by atoms with Gasteiger partial charge in [0.2, 0.25) is 5.78 Å². The molecule has 4 heteroatoms. The lowest BCUT2D eigenvalue weighted by Gasteiger charge is -2.14.